The molecule has 0 aliphatic heterocycles. The molecule has 4 heteroatoms. The van der Waals surface area contributed by atoms with E-state index in [1.807, 2.05) is 0 Å². The van der Waals surface area contributed by atoms with E-state index in [0.717, 1.165) is 0 Å². The van der Waals surface area contributed by atoms with Crippen molar-refractivity contribution in [3.8, 4) is 0 Å². The summed E-state index contributed by atoms with van der Waals surface area (Å²) in [6, 6.07) is 0. The van der Waals surface area contributed by atoms with Crippen LogP contribution in [0.3, 0.4) is 0 Å². The van der Waals surface area contributed by atoms with E-state index < -0.39 is 17.5 Å². The van der Waals surface area contributed by atoms with Gasteiger partial charge >= 0.3 is 51.4 Å². The summed E-state index contributed by atoms with van der Waals surface area (Å²) in [5.41, 5.74) is -0.745. The average molecular weight is 168 g/mol. The van der Waals surface area contributed by atoms with Crippen molar-refractivity contribution in [3.05, 3.63) is 0 Å². The maximum Gasteiger partial charge on any atom is 1.00 e. The summed E-state index contributed by atoms with van der Waals surface area (Å²) in [5.74, 6) is -1.46. The van der Waals surface area contributed by atoms with E-state index in [1.54, 1.807) is 6.92 Å². The Bertz CT molecular complexity index is 136. The Labute approximate surface area is 102 Å². The number of aliphatic carboxylic acids is 1. The standard InChI is InChI=1S/C6H10O3.K/c1-6(9)2-4(3-6)5(7)8;/h4,9H,2-3H2,1H3,(H,7,8);/q;+1/p-1. The molecule has 0 bridgehead atoms. The van der Waals surface area contributed by atoms with Gasteiger partial charge in [0.2, 0.25) is 0 Å². The number of aliphatic hydroxyl groups is 1. The Morgan fingerprint density at radius 1 is 1.70 bits per heavy atom. The summed E-state index contributed by atoms with van der Waals surface area (Å²) in [4.78, 5) is 10.0. The predicted molar refractivity (Wildman–Crippen MR) is 28.4 cm³/mol. The van der Waals surface area contributed by atoms with Crippen molar-refractivity contribution < 1.29 is 66.4 Å². The number of carboxylic acid groups (broad SMARTS) is 1. The zero-order valence-electron chi connectivity index (χ0n) is 6.26. The molecule has 0 aromatic heterocycles. The average Bonchev–Trinajstić information content (AvgIpc) is 1.59. The van der Waals surface area contributed by atoms with Crippen molar-refractivity contribution in [3.63, 3.8) is 0 Å². The quantitative estimate of drug-likeness (QED) is 0.405. The first-order chi connectivity index (χ1) is 4.01. The fourth-order valence-electron chi connectivity index (χ4n) is 1.17. The largest absolute Gasteiger partial charge is 1.00 e. The smallest absolute Gasteiger partial charge is 0.550 e. The number of carbonyl (C=O) groups excluding carboxylic acids is 1. The molecule has 1 saturated carbocycles. The van der Waals surface area contributed by atoms with Gasteiger partial charge in [-0.15, -0.1) is 0 Å². The third-order valence-electron chi connectivity index (χ3n) is 1.71. The van der Waals surface area contributed by atoms with E-state index in [2.05, 4.69) is 0 Å². The van der Waals surface area contributed by atoms with E-state index in [0.29, 0.717) is 12.8 Å². The summed E-state index contributed by atoms with van der Waals surface area (Å²) >= 11 is 0. The molecule has 52 valence electrons. The van der Waals surface area contributed by atoms with Crippen LogP contribution >= 0.6 is 0 Å². The molecule has 1 aliphatic rings. The van der Waals surface area contributed by atoms with Crippen LogP contribution in [0.25, 0.3) is 0 Å². The zero-order valence-corrected chi connectivity index (χ0v) is 9.38. The van der Waals surface area contributed by atoms with Crippen LogP contribution in [0.1, 0.15) is 19.8 Å². The Hall–Kier alpha value is 1.07. The molecule has 0 unspecified atom stereocenters. The Kier molecular flexibility index (Phi) is 4.03. The molecule has 0 spiro atoms. The van der Waals surface area contributed by atoms with E-state index in [4.69, 9.17) is 5.11 Å². The molecule has 1 aliphatic carbocycles. The summed E-state index contributed by atoms with van der Waals surface area (Å²) in [7, 11) is 0. The Morgan fingerprint density at radius 2 is 2.10 bits per heavy atom. The van der Waals surface area contributed by atoms with Crippen LogP contribution in [0.15, 0.2) is 0 Å². The van der Waals surface area contributed by atoms with Gasteiger partial charge in [0.15, 0.2) is 0 Å². The second-order valence-electron chi connectivity index (χ2n) is 2.92. The number of carboxylic acids is 1. The molecule has 3 nitrogen and oxygen atoms in total. The molecule has 1 rings (SSSR count). The van der Waals surface area contributed by atoms with Crippen molar-refractivity contribution in [2.24, 2.45) is 5.92 Å². The molecule has 0 amide bonds. The van der Waals surface area contributed by atoms with Crippen molar-refractivity contribution in [2.75, 3.05) is 0 Å². The number of hydrogen-bond donors (Lipinski definition) is 1. The van der Waals surface area contributed by atoms with E-state index in [1.165, 1.54) is 0 Å². The molecule has 1 N–H and O–H groups in total. The van der Waals surface area contributed by atoms with Gasteiger partial charge in [-0.3, -0.25) is 0 Å². The molecule has 0 atom stereocenters. The number of hydrogen-bond acceptors (Lipinski definition) is 3. The van der Waals surface area contributed by atoms with Gasteiger partial charge in [-0.25, -0.2) is 0 Å². The van der Waals surface area contributed by atoms with Gasteiger partial charge in [-0.2, -0.15) is 0 Å². The molecular formula is C6H9KO3. The van der Waals surface area contributed by atoms with E-state index in [-0.39, 0.29) is 51.4 Å². The summed E-state index contributed by atoms with van der Waals surface area (Å²) in [5, 5.41) is 19.1. The minimum absolute atomic E-state index is 0. The first-order valence-electron chi connectivity index (χ1n) is 2.94. The van der Waals surface area contributed by atoms with Gasteiger partial charge in [0.05, 0.1) is 5.60 Å². The van der Waals surface area contributed by atoms with Crippen LogP contribution in [0, 0.1) is 5.92 Å². The van der Waals surface area contributed by atoms with Crippen LogP contribution in [0.4, 0.5) is 0 Å². The fraction of sp³-hybridized carbons (Fsp3) is 0.833. The first-order valence-corrected chi connectivity index (χ1v) is 2.94. The molecule has 0 aromatic carbocycles. The van der Waals surface area contributed by atoms with Gasteiger partial charge in [0, 0.05) is 11.9 Å². The Balaban J connectivity index is 0.000000810. The monoisotopic (exact) mass is 168 g/mol. The summed E-state index contributed by atoms with van der Waals surface area (Å²) in [6.45, 7) is 1.63. The predicted octanol–water partition coefficient (Wildman–Crippen LogP) is -4.10. The molecule has 0 aromatic rings. The molecule has 1 fully saturated rings. The van der Waals surface area contributed by atoms with Crippen LogP contribution in [-0.4, -0.2) is 16.7 Å². The normalized spacial score (nSPS) is 37.6. The van der Waals surface area contributed by atoms with Gasteiger partial charge in [-0.05, 0) is 19.8 Å². The van der Waals surface area contributed by atoms with Gasteiger partial charge in [-0.1, -0.05) is 0 Å². The second kappa shape index (κ2) is 3.65. The van der Waals surface area contributed by atoms with Gasteiger partial charge in [0.25, 0.3) is 0 Å². The number of carbonyl (C=O) groups is 1. The van der Waals surface area contributed by atoms with Crippen LogP contribution < -0.4 is 56.5 Å². The van der Waals surface area contributed by atoms with Crippen molar-refractivity contribution in [1.29, 1.82) is 0 Å². The van der Waals surface area contributed by atoms with Crippen LogP contribution in [0.5, 0.6) is 0 Å². The molecule has 0 heterocycles. The van der Waals surface area contributed by atoms with Crippen LogP contribution in [-0.2, 0) is 4.79 Å². The summed E-state index contributed by atoms with van der Waals surface area (Å²) in [6.07, 6.45) is 0.685. The van der Waals surface area contributed by atoms with Gasteiger partial charge in [0.1, 0.15) is 0 Å². The minimum Gasteiger partial charge on any atom is -0.550 e. The van der Waals surface area contributed by atoms with E-state index >= 15 is 0 Å². The number of rotatable bonds is 1. The fourth-order valence-corrected chi connectivity index (χ4v) is 1.17. The first kappa shape index (κ1) is 11.1. The molecule has 10 heavy (non-hydrogen) atoms. The zero-order chi connectivity index (χ0) is 7.07. The molecular weight excluding hydrogens is 159 g/mol. The maximum atomic E-state index is 10.0. The maximum absolute atomic E-state index is 10.0. The topological polar surface area (TPSA) is 60.4 Å². The van der Waals surface area contributed by atoms with Crippen molar-refractivity contribution in [2.45, 2.75) is 25.4 Å². The van der Waals surface area contributed by atoms with Crippen molar-refractivity contribution in [1.82, 2.24) is 0 Å². The SMILES string of the molecule is CC1(O)CC(C(=O)[O-])C1.[K+]. The van der Waals surface area contributed by atoms with E-state index in [9.17, 15) is 9.90 Å². The van der Waals surface area contributed by atoms with Crippen LogP contribution in [0.2, 0.25) is 0 Å². The third kappa shape index (κ3) is 2.60. The minimum atomic E-state index is -1.04. The van der Waals surface area contributed by atoms with Crippen molar-refractivity contribution >= 4 is 5.97 Å². The molecule has 0 radical (unpaired) electrons. The third-order valence-corrected chi connectivity index (χ3v) is 1.71. The second-order valence-corrected chi connectivity index (χ2v) is 2.92. The molecule has 0 saturated heterocycles. The van der Waals surface area contributed by atoms with Gasteiger partial charge < -0.3 is 15.0 Å². The summed E-state index contributed by atoms with van der Waals surface area (Å²) < 4.78 is 0. The Morgan fingerprint density at radius 3 is 2.20 bits per heavy atom.